The van der Waals surface area contributed by atoms with Crippen LogP contribution in [0.5, 0.6) is 11.8 Å². The van der Waals surface area contributed by atoms with Crippen molar-refractivity contribution in [3.63, 3.8) is 0 Å². The first kappa shape index (κ1) is 41.6. The highest BCUT2D eigenvalue weighted by Crippen LogP contribution is 2.19. The monoisotopic (exact) mass is 720 g/mol. The molecule has 1 aromatic heterocycles. The van der Waals surface area contributed by atoms with E-state index in [4.69, 9.17) is 14.3 Å². The molecule has 3 N–H and O–H groups in total. The second kappa shape index (κ2) is 25.2. The Labute approximate surface area is 307 Å². The van der Waals surface area contributed by atoms with E-state index in [-0.39, 0.29) is 37.7 Å². The third-order valence-electron chi connectivity index (χ3n) is 8.75. The van der Waals surface area contributed by atoms with E-state index in [1.807, 2.05) is 60.7 Å². The van der Waals surface area contributed by atoms with Crippen LogP contribution >= 0.6 is 0 Å². The molecule has 0 radical (unpaired) electrons. The maximum absolute atomic E-state index is 12.9. The van der Waals surface area contributed by atoms with Crippen molar-refractivity contribution in [1.82, 2.24) is 10.0 Å². The van der Waals surface area contributed by atoms with E-state index < -0.39 is 29.7 Å². The summed E-state index contributed by atoms with van der Waals surface area (Å²) < 4.78 is 11.3. The zero-order chi connectivity index (χ0) is 37.2. The highest BCUT2D eigenvalue weighted by molar-refractivity contribution is 5.85. The smallest absolute Gasteiger partial charge is 0.333 e. The lowest BCUT2D eigenvalue weighted by atomic mass is 10.0. The maximum Gasteiger partial charge on any atom is 0.333 e. The lowest BCUT2D eigenvalue weighted by Crippen LogP contribution is -2.42. The highest BCUT2D eigenvalue weighted by atomic mass is 16.7. The first-order valence-corrected chi connectivity index (χ1v) is 18.8. The van der Waals surface area contributed by atoms with Crippen LogP contribution in [0.4, 0.5) is 0 Å². The number of rotatable bonds is 27. The number of hydrogen-bond acceptors (Lipinski definition) is 9. The molecule has 0 saturated heterocycles. The lowest BCUT2D eigenvalue weighted by Gasteiger charge is -2.18. The van der Waals surface area contributed by atoms with Crippen molar-refractivity contribution < 1.29 is 43.7 Å². The third-order valence-corrected chi connectivity index (χ3v) is 8.75. The Kier molecular flexibility index (Phi) is 20.2. The van der Waals surface area contributed by atoms with Crippen LogP contribution in [-0.4, -0.2) is 44.8 Å². The highest BCUT2D eigenvalue weighted by Gasteiger charge is 2.24. The predicted octanol–water partition coefficient (Wildman–Crippen LogP) is 7.85. The molecule has 0 unspecified atom stereocenters. The number of amides is 1. The molecule has 11 heteroatoms. The van der Waals surface area contributed by atoms with E-state index in [2.05, 4.69) is 5.32 Å². The number of ether oxygens (including phenoxy) is 2. The van der Waals surface area contributed by atoms with Gasteiger partial charge in [0.2, 0.25) is 17.7 Å². The van der Waals surface area contributed by atoms with Gasteiger partial charge < -0.3 is 29.8 Å². The summed E-state index contributed by atoms with van der Waals surface area (Å²) in [4.78, 5) is 54.8. The summed E-state index contributed by atoms with van der Waals surface area (Å²) in [6.45, 7) is 0.373. The first-order valence-electron chi connectivity index (χ1n) is 18.8. The van der Waals surface area contributed by atoms with Crippen molar-refractivity contribution in [3.05, 3.63) is 83.9 Å². The predicted molar refractivity (Wildman–Crippen MR) is 197 cm³/mol. The van der Waals surface area contributed by atoms with Crippen molar-refractivity contribution in [2.75, 3.05) is 0 Å². The number of carbonyl (C=O) groups excluding carboxylic acids is 4. The standard InChI is InChI=1S/C41H56N2O9/c44-36(42-35(41(49)51-32-34-23-17-14-18-24-34)27-30-40(48)52-43-37(45)28-29-38(43)46)25-19-11-9-7-5-3-1-2-4-6-8-10-12-20-26-39(47)50-31-33-21-15-13-16-22-33/h13-18,21-24,28-29,35,45-46H,1-12,19-20,25-27,30-32H2,(H,42,44)/t35-/m0/s1. The van der Waals surface area contributed by atoms with E-state index in [0.29, 0.717) is 24.2 Å². The molecule has 0 bridgehead atoms. The zero-order valence-corrected chi connectivity index (χ0v) is 30.3. The molecule has 52 heavy (non-hydrogen) atoms. The summed E-state index contributed by atoms with van der Waals surface area (Å²) in [7, 11) is 0. The number of aromatic hydroxyl groups is 2. The second-order valence-electron chi connectivity index (χ2n) is 13.2. The molecule has 0 spiro atoms. The lowest BCUT2D eigenvalue weighted by molar-refractivity contribution is -0.151. The van der Waals surface area contributed by atoms with Gasteiger partial charge in [0.25, 0.3) is 0 Å². The average Bonchev–Trinajstić information content (AvgIpc) is 3.47. The van der Waals surface area contributed by atoms with Crippen molar-refractivity contribution in [2.24, 2.45) is 0 Å². The number of nitrogens with one attached hydrogen (secondary N) is 1. The summed E-state index contributed by atoms with van der Waals surface area (Å²) in [5.41, 5.74) is 1.80. The van der Waals surface area contributed by atoms with Gasteiger partial charge in [-0.3, -0.25) is 9.59 Å². The second-order valence-corrected chi connectivity index (χ2v) is 13.2. The molecule has 284 valence electrons. The molecule has 1 heterocycles. The molecule has 2 aromatic carbocycles. The number of esters is 2. The van der Waals surface area contributed by atoms with E-state index >= 15 is 0 Å². The fourth-order valence-electron chi connectivity index (χ4n) is 5.74. The summed E-state index contributed by atoms with van der Waals surface area (Å²) >= 11 is 0. The van der Waals surface area contributed by atoms with Gasteiger partial charge in [-0.15, -0.1) is 4.73 Å². The number of benzene rings is 2. The van der Waals surface area contributed by atoms with Crippen LogP contribution in [-0.2, 0) is 41.9 Å². The number of hydrogen-bond donors (Lipinski definition) is 3. The Morgan fingerprint density at radius 3 is 1.48 bits per heavy atom. The molecule has 0 aliphatic heterocycles. The van der Waals surface area contributed by atoms with Crippen LogP contribution in [0.1, 0.15) is 127 Å². The van der Waals surface area contributed by atoms with E-state index in [0.717, 1.165) is 61.8 Å². The molecule has 3 aromatic rings. The minimum Gasteiger partial charge on any atom is -0.492 e. The molecular formula is C41H56N2O9. The minimum absolute atomic E-state index is 0.0264. The van der Waals surface area contributed by atoms with E-state index in [9.17, 15) is 29.4 Å². The molecule has 1 atom stereocenters. The van der Waals surface area contributed by atoms with Crippen molar-refractivity contribution in [2.45, 2.75) is 135 Å². The van der Waals surface area contributed by atoms with Gasteiger partial charge in [0.15, 0.2) is 0 Å². The first-order chi connectivity index (χ1) is 25.3. The Balaban J connectivity index is 1.18. The fraction of sp³-hybridized carbons (Fsp3) is 0.512. The normalized spacial score (nSPS) is 11.5. The molecule has 11 nitrogen and oxygen atoms in total. The summed E-state index contributed by atoms with van der Waals surface area (Å²) in [6, 6.07) is 20.2. The van der Waals surface area contributed by atoms with Crippen LogP contribution in [0.2, 0.25) is 0 Å². The molecule has 0 saturated carbocycles. The van der Waals surface area contributed by atoms with Gasteiger partial charge in [-0.1, -0.05) is 138 Å². The average molecular weight is 721 g/mol. The van der Waals surface area contributed by atoms with Crippen molar-refractivity contribution >= 4 is 23.8 Å². The SMILES string of the molecule is O=C(CCCCCCCCCCCCCCCCC(=O)OCc1ccccc1)N[C@@H](CCC(=O)On1c(O)ccc1O)C(=O)OCc1ccccc1. The Hall–Kier alpha value is -4.80. The quantitative estimate of drug-likeness (QED) is 0.0528. The number of carbonyl (C=O) groups is 4. The Morgan fingerprint density at radius 2 is 0.981 bits per heavy atom. The molecular weight excluding hydrogens is 664 g/mol. The van der Waals surface area contributed by atoms with Gasteiger partial charge in [-0.2, -0.15) is 0 Å². The van der Waals surface area contributed by atoms with Crippen molar-refractivity contribution in [1.29, 1.82) is 0 Å². The Bertz CT molecular complexity index is 1440. The van der Waals surface area contributed by atoms with E-state index in [1.54, 1.807) is 0 Å². The van der Waals surface area contributed by atoms with Crippen LogP contribution in [0.15, 0.2) is 72.8 Å². The summed E-state index contributed by atoms with van der Waals surface area (Å²) in [5, 5.41) is 22.1. The van der Waals surface area contributed by atoms with E-state index in [1.165, 1.54) is 44.9 Å². The zero-order valence-electron chi connectivity index (χ0n) is 30.3. The number of aromatic nitrogens is 1. The van der Waals surface area contributed by atoms with Crippen LogP contribution in [0.25, 0.3) is 0 Å². The van der Waals surface area contributed by atoms with Gasteiger partial charge >= 0.3 is 17.9 Å². The fourth-order valence-corrected chi connectivity index (χ4v) is 5.74. The molecule has 3 rings (SSSR count). The van der Waals surface area contributed by atoms with Crippen LogP contribution in [0.3, 0.4) is 0 Å². The Morgan fingerprint density at radius 1 is 0.538 bits per heavy atom. The van der Waals surface area contributed by atoms with Crippen LogP contribution < -0.4 is 10.2 Å². The maximum atomic E-state index is 12.9. The number of unbranched alkanes of at least 4 members (excludes halogenated alkanes) is 13. The minimum atomic E-state index is -1.06. The van der Waals surface area contributed by atoms with Gasteiger partial charge in [0.1, 0.15) is 19.3 Å². The molecule has 0 aliphatic carbocycles. The van der Waals surface area contributed by atoms with Crippen molar-refractivity contribution in [3.8, 4) is 11.8 Å². The largest absolute Gasteiger partial charge is 0.492 e. The topological polar surface area (TPSA) is 153 Å². The molecule has 0 fully saturated rings. The van der Waals surface area contributed by atoms with Gasteiger partial charge in [0, 0.05) is 25.0 Å². The van der Waals surface area contributed by atoms with Crippen LogP contribution in [0, 0.1) is 0 Å². The summed E-state index contributed by atoms with van der Waals surface area (Å²) in [5.74, 6) is -2.79. The molecule has 1 amide bonds. The van der Waals surface area contributed by atoms with Gasteiger partial charge in [0.05, 0.1) is 6.42 Å². The number of nitrogens with zero attached hydrogens (tertiary/aromatic N) is 1. The molecule has 0 aliphatic rings. The third kappa shape index (κ3) is 17.9. The summed E-state index contributed by atoms with van der Waals surface area (Å²) in [6.07, 6.45) is 15.9. The van der Waals surface area contributed by atoms with Gasteiger partial charge in [-0.05, 0) is 30.4 Å². The van der Waals surface area contributed by atoms with Gasteiger partial charge in [-0.25, -0.2) is 9.59 Å².